The number of hydrogen-bond donors (Lipinski definition) is 0. The largest absolute Gasteiger partial charge is 0.363 e. The van der Waals surface area contributed by atoms with Crippen molar-refractivity contribution >= 4 is 11.7 Å². The molecule has 1 fully saturated rings. The summed E-state index contributed by atoms with van der Waals surface area (Å²) in [6.45, 7) is 3.32. The van der Waals surface area contributed by atoms with Crippen LogP contribution in [0.1, 0.15) is 40.5 Å². The molecule has 0 bridgehead atoms. The van der Waals surface area contributed by atoms with Crippen LogP contribution in [0, 0.1) is 6.92 Å². The molecular formula is C23H26N6O. The number of amides is 1. The van der Waals surface area contributed by atoms with Crippen LogP contribution in [-0.4, -0.2) is 57.9 Å². The predicted molar refractivity (Wildman–Crippen MR) is 116 cm³/mol. The van der Waals surface area contributed by atoms with Gasteiger partial charge in [0.25, 0.3) is 5.91 Å². The van der Waals surface area contributed by atoms with E-state index in [1.807, 2.05) is 61.2 Å². The Hall–Kier alpha value is -3.35. The van der Waals surface area contributed by atoms with Crippen molar-refractivity contribution in [2.45, 2.75) is 25.7 Å². The number of carbonyl (C=O) groups is 1. The SMILES string of the molecule is Cc1ccc(C(=O)N2CCC[C@H](c3cc(N(C)C)nc(-c4cccnc4)n3)C2)cn1. The number of likely N-dealkylation sites (tertiary alicyclic amines) is 1. The maximum Gasteiger partial charge on any atom is 0.255 e. The van der Waals surface area contributed by atoms with E-state index in [4.69, 9.17) is 9.97 Å². The van der Waals surface area contributed by atoms with Crippen LogP contribution in [0.5, 0.6) is 0 Å². The molecule has 7 heteroatoms. The highest BCUT2D eigenvalue weighted by molar-refractivity contribution is 5.94. The van der Waals surface area contributed by atoms with Gasteiger partial charge >= 0.3 is 0 Å². The molecule has 1 aliphatic heterocycles. The number of piperidine rings is 1. The Balaban J connectivity index is 1.62. The standard InChI is InChI=1S/C23H26N6O/c1-16-8-9-18(14-25-16)23(30)29-11-5-7-19(15-29)20-12-21(28(2)3)27-22(26-20)17-6-4-10-24-13-17/h4,6,8-10,12-14,19H,5,7,11,15H2,1-3H3/t19-/m0/s1. The van der Waals surface area contributed by atoms with Crippen molar-refractivity contribution in [3.05, 3.63) is 65.9 Å². The van der Waals surface area contributed by atoms with Gasteiger partial charge in [0, 0.05) is 69.0 Å². The molecule has 3 aromatic heterocycles. The third-order valence-corrected chi connectivity index (χ3v) is 5.40. The molecule has 7 nitrogen and oxygen atoms in total. The van der Waals surface area contributed by atoms with Gasteiger partial charge in [0.05, 0.1) is 11.3 Å². The molecule has 4 rings (SSSR count). The second-order valence-electron chi connectivity index (χ2n) is 7.89. The first-order valence-corrected chi connectivity index (χ1v) is 10.2. The van der Waals surface area contributed by atoms with Crippen molar-refractivity contribution in [2.24, 2.45) is 0 Å². The van der Waals surface area contributed by atoms with Gasteiger partial charge in [-0.25, -0.2) is 9.97 Å². The molecule has 0 aromatic carbocycles. The monoisotopic (exact) mass is 402 g/mol. The first kappa shape index (κ1) is 19.9. The van der Waals surface area contributed by atoms with Crippen LogP contribution >= 0.6 is 0 Å². The number of carbonyl (C=O) groups excluding carboxylic acids is 1. The maximum atomic E-state index is 13.0. The first-order chi connectivity index (χ1) is 14.5. The number of pyridine rings is 2. The highest BCUT2D eigenvalue weighted by Gasteiger charge is 2.27. The zero-order valence-electron chi connectivity index (χ0n) is 17.6. The predicted octanol–water partition coefficient (Wildman–Crippen LogP) is 3.33. The molecule has 3 aromatic rings. The van der Waals surface area contributed by atoms with Crippen molar-refractivity contribution in [1.29, 1.82) is 0 Å². The van der Waals surface area contributed by atoms with Gasteiger partial charge in [0.1, 0.15) is 5.82 Å². The van der Waals surface area contributed by atoms with Gasteiger partial charge in [-0.05, 0) is 44.0 Å². The number of aryl methyl sites for hydroxylation is 1. The van der Waals surface area contributed by atoms with E-state index in [9.17, 15) is 4.79 Å². The highest BCUT2D eigenvalue weighted by atomic mass is 16.2. The Morgan fingerprint density at radius 2 is 2.03 bits per heavy atom. The molecule has 1 amide bonds. The summed E-state index contributed by atoms with van der Waals surface area (Å²) in [5, 5.41) is 0. The Kier molecular flexibility index (Phi) is 5.70. The zero-order chi connectivity index (χ0) is 21.1. The molecule has 0 radical (unpaired) electrons. The molecule has 1 atom stereocenters. The summed E-state index contributed by atoms with van der Waals surface area (Å²) in [5.74, 6) is 1.71. The molecule has 0 saturated carbocycles. The van der Waals surface area contributed by atoms with Crippen molar-refractivity contribution in [3.63, 3.8) is 0 Å². The molecule has 30 heavy (non-hydrogen) atoms. The molecule has 4 heterocycles. The van der Waals surface area contributed by atoms with Crippen LogP contribution in [0.15, 0.2) is 48.9 Å². The van der Waals surface area contributed by atoms with E-state index in [-0.39, 0.29) is 11.8 Å². The Morgan fingerprint density at radius 3 is 2.73 bits per heavy atom. The smallest absolute Gasteiger partial charge is 0.255 e. The number of rotatable bonds is 4. The van der Waals surface area contributed by atoms with Gasteiger partial charge < -0.3 is 9.80 Å². The summed E-state index contributed by atoms with van der Waals surface area (Å²) in [4.78, 5) is 34.9. The van der Waals surface area contributed by atoms with Gasteiger partial charge in [-0.3, -0.25) is 14.8 Å². The van der Waals surface area contributed by atoms with E-state index < -0.39 is 0 Å². The van der Waals surface area contributed by atoms with E-state index in [1.165, 1.54) is 0 Å². The Morgan fingerprint density at radius 1 is 1.17 bits per heavy atom. The zero-order valence-corrected chi connectivity index (χ0v) is 17.6. The van der Waals surface area contributed by atoms with Crippen molar-refractivity contribution < 1.29 is 4.79 Å². The summed E-state index contributed by atoms with van der Waals surface area (Å²) in [6, 6.07) is 9.61. The molecule has 0 unspecified atom stereocenters. The van der Waals surface area contributed by atoms with E-state index in [0.29, 0.717) is 17.9 Å². The normalized spacial score (nSPS) is 16.4. The quantitative estimate of drug-likeness (QED) is 0.666. The fourth-order valence-corrected chi connectivity index (χ4v) is 3.69. The van der Waals surface area contributed by atoms with Crippen LogP contribution in [0.4, 0.5) is 5.82 Å². The lowest BCUT2D eigenvalue weighted by molar-refractivity contribution is 0.0705. The van der Waals surface area contributed by atoms with Crippen LogP contribution in [-0.2, 0) is 0 Å². The second-order valence-corrected chi connectivity index (χ2v) is 7.89. The lowest BCUT2D eigenvalue weighted by Crippen LogP contribution is -2.39. The first-order valence-electron chi connectivity index (χ1n) is 10.2. The topological polar surface area (TPSA) is 75.1 Å². The van der Waals surface area contributed by atoms with Crippen molar-refractivity contribution in [1.82, 2.24) is 24.8 Å². The minimum absolute atomic E-state index is 0.0292. The average molecular weight is 403 g/mol. The number of hydrogen-bond acceptors (Lipinski definition) is 6. The van der Waals surface area contributed by atoms with Gasteiger partial charge in [0.2, 0.25) is 0 Å². The molecular weight excluding hydrogens is 376 g/mol. The van der Waals surface area contributed by atoms with Crippen LogP contribution in [0.25, 0.3) is 11.4 Å². The third kappa shape index (κ3) is 4.30. The summed E-state index contributed by atoms with van der Waals surface area (Å²) in [7, 11) is 3.94. The fourth-order valence-electron chi connectivity index (χ4n) is 3.69. The summed E-state index contributed by atoms with van der Waals surface area (Å²) in [6.07, 6.45) is 7.12. The lowest BCUT2D eigenvalue weighted by Gasteiger charge is -2.33. The van der Waals surface area contributed by atoms with E-state index in [0.717, 1.165) is 42.2 Å². The molecule has 0 spiro atoms. The van der Waals surface area contributed by atoms with Gasteiger partial charge in [-0.15, -0.1) is 0 Å². The van der Waals surface area contributed by atoms with Crippen molar-refractivity contribution in [3.8, 4) is 11.4 Å². The molecule has 0 aliphatic carbocycles. The number of aromatic nitrogens is 4. The summed E-state index contributed by atoms with van der Waals surface area (Å²) < 4.78 is 0. The maximum absolute atomic E-state index is 13.0. The third-order valence-electron chi connectivity index (χ3n) is 5.40. The molecule has 1 aliphatic rings. The van der Waals surface area contributed by atoms with Gasteiger partial charge in [0.15, 0.2) is 5.82 Å². The summed E-state index contributed by atoms with van der Waals surface area (Å²) in [5.41, 5.74) is 3.39. The minimum Gasteiger partial charge on any atom is -0.363 e. The Labute approximate surface area is 176 Å². The minimum atomic E-state index is 0.0292. The Bertz CT molecular complexity index is 1020. The highest BCUT2D eigenvalue weighted by Crippen LogP contribution is 2.30. The molecule has 1 saturated heterocycles. The van der Waals surface area contributed by atoms with Gasteiger partial charge in [-0.2, -0.15) is 0 Å². The molecule has 154 valence electrons. The van der Waals surface area contributed by atoms with Crippen molar-refractivity contribution in [2.75, 3.05) is 32.1 Å². The number of nitrogens with zero attached hydrogens (tertiary/aromatic N) is 6. The van der Waals surface area contributed by atoms with E-state index >= 15 is 0 Å². The average Bonchev–Trinajstić information content (AvgIpc) is 2.79. The van der Waals surface area contributed by atoms with Crippen LogP contribution < -0.4 is 4.90 Å². The van der Waals surface area contributed by atoms with Gasteiger partial charge in [-0.1, -0.05) is 0 Å². The summed E-state index contributed by atoms with van der Waals surface area (Å²) >= 11 is 0. The van der Waals surface area contributed by atoms with E-state index in [2.05, 4.69) is 9.97 Å². The van der Waals surface area contributed by atoms with Crippen LogP contribution in [0.3, 0.4) is 0 Å². The van der Waals surface area contributed by atoms with E-state index in [1.54, 1.807) is 18.6 Å². The van der Waals surface area contributed by atoms with Crippen LogP contribution in [0.2, 0.25) is 0 Å². The lowest BCUT2D eigenvalue weighted by atomic mass is 9.93. The molecule has 0 N–H and O–H groups in total. The second kappa shape index (κ2) is 8.57. The fraction of sp³-hybridized carbons (Fsp3) is 0.348. The number of anilines is 1.